The Hall–Kier alpha value is -1.92. The van der Waals surface area contributed by atoms with Crippen molar-refractivity contribution in [3.05, 3.63) is 28.8 Å². The van der Waals surface area contributed by atoms with Crippen molar-refractivity contribution in [2.45, 2.75) is 54.4 Å². The molecule has 0 amide bonds. The van der Waals surface area contributed by atoms with Gasteiger partial charge in [0.2, 0.25) is 11.6 Å². The molecule has 0 N–H and O–H groups in total. The van der Waals surface area contributed by atoms with Crippen molar-refractivity contribution < 1.29 is 31.9 Å². The van der Waals surface area contributed by atoms with Crippen molar-refractivity contribution in [1.82, 2.24) is 0 Å². The second-order valence-electron chi connectivity index (χ2n) is 8.38. The molecule has 0 aliphatic heterocycles. The van der Waals surface area contributed by atoms with Gasteiger partial charge in [0, 0.05) is 18.4 Å². The summed E-state index contributed by atoms with van der Waals surface area (Å²) in [5, 5.41) is 0. The number of carbonyl (C=O) groups is 2. The monoisotopic (exact) mass is 374 g/mol. The average Bonchev–Trinajstić information content (AvgIpc) is 2.51. The molecule has 2 rings (SSSR count). The van der Waals surface area contributed by atoms with Crippen molar-refractivity contribution in [2.24, 2.45) is 16.2 Å². The minimum atomic E-state index is -1.91. The third kappa shape index (κ3) is 2.72. The molecule has 0 heterocycles. The minimum Gasteiger partial charge on any atom is -0.420 e. The van der Waals surface area contributed by atoms with E-state index in [9.17, 15) is 27.2 Å². The van der Waals surface area contributed by atoms with Crippen molar-refractivity contribution in [2.75, 3.05) is 0 Å². The van der Waals surface area contributed by atoms with E-state index < -0.39 is 56.8 Å². The topological polar surface area (TPSA) is 43.4 Å². The Kier molecular flexibility index (Phi) is 4.76. The number of benzene rings is 1. The molecule has 1 aliphatic rings. The van der Waals surface area contributed by atoms with E-state index in [0.717, 1.165) is 6.92 Å². The van der Waals surface area contributed by atoms with E-state index in [1.807, 2.05) is 0 Å². The number of halogens is 4. The van der Waals surface area contributed by atoms with Gasteiger partial charge in [0.25, 0.3) is 0 Å². The summed E-state index contributed by atoms with van der Waals surface area (Å²) >= 11 is 0. The maximum atomic E-state index is 14.2. The predicted molar refractivity (Wildman–Crippen MR) is 86.6 cm³/mol. The fourth-order valence-corrected chi connectivity index (χ4v) is 3.88. The van der Waals surface area contributed by atoms with Gasteiger partial charge in [-0.25, -0.2) is 13.2 Å². The maximum absolute atomic E-state index is 14.2. The molecule has 0 radical (unpaired) electrons. The van der Waals surface area contributed by atoms with E-state index in [1.54, 1.807) is 34.6 Å². The molecular formula is C19H22F4O3. The molecule has 7 heteroatoms. The van der Waals surface area contributed by atoms with Crippen LogP contribution in [0.25, 0.3) is 0 Å². The van der Waals surface area contributed by atoms with Crippen molar-refractivity contribution in [1.29, 1.82) is 0 Å². The van der Waals surface area contributed by atoms with Gasteiger partial charge < -0.3 is 4.74 Å². The summed E-state index contributed by atoms with van der Waals surface area (Å²) in [5.74, 6) is -9.25. The summed E-state index contributed by atoms with van der Waals surface area (Å²) in [6.07, 6.45) is 0.174. The van der Waals surface area contributed by atoms with Gasteiger partial charge >= 0.3 is 5.97 Å². The third-order valence-electron chi connectivity index (χ3n) is 6.03. The van der Waals surface area contributed by atoms with Crippen LogP contribution < -0.4 is 4.74 Å². The first-order valence-corrected chi connectivity index (χ1v) is 8.24. The highest BCUT2D eigenvalue weighted by Gasteiger charge is 2.61. The van der Waals surface area contributed by atoms with E-state index >= 15 is 0 Å². The number of hydrogen-bond donors (Lipinski definition) is 0. The molecule has 1 aliphatic carbocycles. The zero-order valence-corrected chi connectivity index (χ0v) is 15.7. The highest BCUT2D eigenvalue weighted by atomic mass is 19.2. The van der Waals surface area contributed by atoms with Gasteiger partial charge in [0.15, 0.2) is 17.5 Å². The van der Waals surface area contributed by atoms with E-state index in [4.69, 9.17) is 4.74 Å². The molecule has 0 unspecified atom stereocenters. The zero-order chi connectivity index (χ0) is 20.2. The molecule has 1 fully saturated rings. The van der Waals surface area contributed by atoms with Crippen LogP contribution in [0.1, 0.15) is 53.0 Å². The number of esters is 1. The Bertz CT molecular complexity index is 747. The predicted octanol–water partition coefficient (Wildman–Crippen LogP) is 4.88. The summed E-state index contributed by atoms with van der Waals surface area (Å²) in [7, 11) is 0. The number of carbonyl (C=O) groups excluding carboxylic acids is 2. The van der Waals surface area contributed by atoms with Gasteiger partial charge in [-0.05, 0) is 24.7 Å². The number of ether oxygens (including phenoxy) is 1. The maximum Gasteiger partial charge on any atom is 0.318 e. The van der Waals surface area contributed by atoms with E-state index in [1.165, 1.54) is 0 Å². The van der Waals surface area contributed by atoms with E-state index in [0.29, 0.717) is 0 Å². The average molecular weight is 374 g/mol. The molecule has 1 aromatic rings. The Labute approximate surface area is 149 Å². The molecule has 26 heavy (non-hydrogen) atoms. The summed E-state index contributed by atoms with van der Waals surface area (Å²) in [6, 6.07) is 0. The number of hydrogen-bond acceptors (Lipinski definition) is 3. The van der Waals surface area contributed by atoms with Crippen LogP contribution in [0.3, 0.4) is 0 Å². The fraction of sp³-hybridized carbons (Fsp3) is 0.579. The van der Waals surface area contributed by atoms with Crippen molar-refractivity contribution in [3.63, 3.8) is 0 Å². The summed E-state index contributed by atoms with van der Waals surface area (Å²) in [6.45, 7) is 9.24. The second kappa shape index (κ2) is 6.06. The van der Waals surface area contributed by atoms with Crippen LogP contribution in [0.15, 0.2) is 0 Å². The lowest BCUT2D eigenvalue weighted by molar-refractivity contribution is -0.174. The minimum absolute atomic E-state index is 0.0358. The largest absolute Gasteiger partial charge is 0.420 e. The zero-order valence-electron chi connectivity index (χ0n) is 15.7. The first kappa shape index (κ1) is 20.4. The van der Waals surface area contributed by atoms with Gasteiger partial charge in [-0.3, -0.25) is 9.59 Å². The molecule has 0 spiro atoms. The molecule has 0 aromatic heterocycles. The van der Waals surface area contributed by atoms with Crippen LogP contribution in [0.2, 0.25) is 0 Å². The first-order chi connectivity index (χ1) is 11.7. The molecule has 0 atom stereocenters. The van der Waals surface area contributed by atoms with Gasteiger partial charge in [-0.2, -0.15) is 4.39 Å². The third-order valence-corrected chi connectivity index (χ3v) is 6.03. The van der Waals surface area contributed by atoms with E-state index in [2.05, 4.69) is 0 Å². The molecular weight excluding hydrogens is 352 g/mol. The summed E-state index contributed by atoms with van der Waals surface area (Å²) in [4.78, 5) is 25.0. The van der Waals surface area contributed by atoms with Crippen LogP contribution in [0.5, 0.6) is 5.75 Å². The lowest BCUT2D eigenvalue weighted by atomic mass is 9.47. The van der Waals surface area contributed by atoms with Gasteiger partial charge in [-0.1, -0.05) is 27.7 Å². The fourth-order valence-electron chi connectivity index (χ4n) is 3.88. The lowest BCUT2D eigenvalue weighted by Crippen LogP contribution is -2.58. The first-order valence-electron chi connectivity index (χ1n) is 8.24. The van der Waals surface area contributed by atoms with Crippen LogP contribution in [-0.4, -0.2) is 11.8 Å². The molecule has 3 nitrogen and oxygen atoms in total. The standard InChI is InChI=1S/C19H22F4O3/c1-9-11(20)13(22)14(23)15(12(9)21)26-16(25)19(6)17(2,3)7-10(24)8-18(19,4)5/h7-8H2,1-6H3. The molecule has 0 bridgehead atoms. The molecule has 1 aromatic carbocycles. The van der Waals surface area contributed by atoms with Crippen LogP contribution >= 0.6 is 0 Å². The Morgan fingerprint density at radius 1 is 0.846 bits per heavy atom. The number of Topliss-reactive ketones (excluding diaryl/α,β-unsaturated/α-hetero) is 1. The summed E-state index contributed by atoms with van der Waals surface area (Å²) in [5.41, 5.74) is -3.83. The Morgan fingerprint density at radius 3 is 1.77 bits per heavy atom. The van der Waals surface area contributed by atoms with Gasteiger partial charge in [0.1, 0.15) is 5.78 Å². The smallest absolute Gasteiger partial charge is 0.318 e. The lowest BCUT2D eigenvalue weighted by Gasteiger charge is -2.54. The normalized spacial score (nSPS) is 20.8. The Morgan fingerprint density at radius 2 is 1.31 bits per heavy atom. The number of ketones is 1. The molecule has 1 saturated carbocycles. The van der Waals surface area contributed by atoms with Gasteiger partial charge in [-0.15, -0.1) is 0 Å². The quantitative estimate of drug-likeness (QED) is 0.244. The molecule has 0 saturated heterocycles. The SMILES string of the molecule is Cc1c(F)c(F)c(F)c(OC(=O)C2(C)C(C)(C)CC(=O)CC2(C)C)c1F. The van der Waals surface area contributed by atoms with E-state index in [-0.39, 0.29) is 18.6 Å². The highest BCUT2D eigenvalue weighted by Crippen LogP contribution is 2.59. The highest BCUT2D eigenvalue weighted by molar-refractivity contribution is 5.88. The van der Waals surface area contributed by atoms with Crippen LogP contribution in [0, 0.1) is 46.4 Å². The summed E-state index contributed by atoms with van der Waals surface area (Å²) < 4.78 is 60.3. The van der Waals surface area contributed by atoms with Gasteiger partial charge in [0.05, 0.1) is 5.41 Å². The molecule has 144 valence electrons. The number of rotatable bonds is 2. The van der Waals surface area contributed by atoms with Crippen molar-refractivity contribution in [3.8, 4) is 5.75 Å². The second-order valence-corrected chi connectivity index (χ2v) is 8.38. The van der Waals surface area contributed by atoms with Crippen LogP contribution in [0.4, 0.5) is 17.6 Å². The van der Waals surface area contributed by atoms with Crippen molar-refractivity contribution >= 4 is 11.8 Å². The Balaban J connectivity index is 2.55. The van der Waals surface area contributed by atoms with Crippen LogP contribution in [-0.2, 0) is 9.59 Å².